The lowest BCUT2D eigenvalue weighted by Crippen LogP contribution is -2.29. The fourth-order valence-electron chi connectivity index (χ4n) is 4.60. The Morgan fingerprint density at radius 1 is 1.00 bits per heavy atom. The van der Waals surface area contributed by atoms with Gasteiger partial charge < -0.3 is 19.3 Å². The second kappa shape index (κ2) is 10.0. The van der Waals surface area contributed by atoms with Crippen LogP contribution in [0.3, 0.4) is 0 Å². The van der Waals surface area contributed by atoms with Crippen LogP contribution in [0.2, 0.25) is 0 Å². The van der Waals surface area contributed by atoms with Crippen LogP contribution in [0, 0.1) is 0 Å². The predicted molar refractivity (Wildman–Crippen MR) is 140 cm³/mol. The van der Waals surface area contributed by atoms with Crippen molar-refractivity contribution in [3.8, 4) is 17.2 Å². The number of carbonyl (C=O) groups is 2. The van der Waals surface area contributed by atoms with Gasteiger partial charge in [-0.15, -0.1) is 0 Å². The summed E-state index contributed by atoms with van der Waals surface area (Å²) in [5.41, 5.74) is 2.78. The topological polar surface area (TPSA) is 85.3 Å². The normalized spacial score (nSPS) is 18.1. The molecule has 0 radical (unpaired) electrons. The van der Waals surface area contributed by atoms with Gasteiger partial charge in [0.15, 0.2) is 11.5 Å². The second-order valence-corrected chi connectivity index (χ2v) is 9.40. The predicted octanol–water partition coefficient (Wildman–Crippen LogP) is 5.95. The van der Waals surface area contributed by atoms with Crippen molar-refractivity contribution in [3.05, 3.63) is 89.0 Å². The number of anilines is 1. The SMILES string of the molecule is CCCOc1ccc(/C(O)=C2\C(=O)C(=O)N(c3ccc4c(c3)OCO4)C2c2ccc(C(C)C)cc2)cc1. The minimum atomic E-state index is -0.822. The molecule has 1 N–H and O–H groups in total. The fourth-order valence-corrected chi connectivity index (χ4v) is 4.60. The number of ether oxygens (including phenoxy) is 3. The summed E-state index contributed by atoms with van der Waals surface area (Å²) in [5.74, 6) is 0.351. The molecule has 0 aliphatic carbocycles. The Labute approximate surface area is 215 Å². The first kappa shape index (κ1) is 24.4. The van der Waals surface area contributed by atoms with Crippen LogP contribution in [0.5, 0.6) is 17.2 Å². The molecule has 190 valence electrons. The molecule has 7 heteroatoms. The first-order chi connectivity index (χ1) is 17.9. The van der Waals surface area contributed by atoms with E-state index in [0.29, 0.717) is 46.6 Å². The van der Waals surface area contributed by atoms with Gasteiger partial charge in [-0.3, -0.25) is 14.5 Å². The molecule has 37 heavy (non-hydrogen) atoms. The maximum absolute atomic E-state index is 13.4. The van der Waals surface area contributed by atoms with Gasteiger partial charge in [0.05, 0.1) is 18.2 Å². The third-order valence-corrected chi connectivity index (χ3v) is 6.60. The van der Waals surface area contributed by atoms with Crippen LogP contribution < -0.4 is 19.1 Å². The molecule has 1 unspecified atom stereocenters. The van der Waals surface area contributed by atoms with Crippen molar-refractivity contribution >= 4 is 23.1 Å². The minimum Gasteiger partial charge on any atom is -0.507 e. The highest BCUT2D eigenvalue weighted by molar-refractivity contribution is 6.51. The number of Topliss-reactive ketones (excluding diaryl/α,β-unsaturated/α-hetero) is 1. The third-order valence-electron chi connectivity index (χ3n) is 6.60. The Morgan fingerprint density at radius 2 is 1.70 bits per heavy atom. The summed E-state index contributed by atoms with van der Waals surface area (Å²) in [6, 6.07) is 18.9. The van der Waals surface area contributed by atoms with Gasteiger partial charge in [-0.25, -0.2) is 0 Å². The number of hydrogen-bond acceptors (Lipinski definition) is 6. The minimum absolute atomic E-state index is 0.0298. The monoisotopic (exact) mass is 499 g/mol. The number of carbonyl (C=O) groups excluding carboxylic acids is 2. The summed E-state index contributed by atoms with van der Waals surface area (Å²) in [5, 5.41) is 11.4. The molecule has 2 aliphatic rings. The van der Waals surface area contributed by atoms with E-state index in [-0.39, 0.29) is 18.1 Å². The number of aliphatic hydroxyl groups is 1. The van der Waals surface area contributed by atoms with Crippen molar-refractivity contribution in [2.45, 2.75) is 39.2 Å². The van der Waals surface area contributed by atoms with E-state index < -0.39 is 17.7 Å². The smallest absolute Gasteiger partial charge is 0.300 e. The lowest BCUT2D eigenvalue weighted by Gasteiger charge is -2.26. The van der Waals surface area contributed by atoms with Crippen LogP contribution in [-0.4, -0.2) is 30.2 Å². The van der Waals surface area contributed by atoms with E-state index in [9.17, 15) is 14.7 Å². The quantitative estimate of drug-likeness (QED) is 0.246. The van der Waals surface area contributed by atoms with Crippen molar-refractivity contribution in [1.82, 2.24) is 0 Å². The van der Waals surface area contributed by atoms with Crippen molar-refractivity contribution in [2.24, 2.45) is 0 Å². The molecular formula is C30H29NO6. The highest BCUT2D eigenvalue weighted by Crippen LogP contribution is 2.45. The average Bonchev–Trinajstić information content (AvgIpc) is 3.49. The summed E-state index contributed by atoms with van der Waals surface area (Å²) < 4.78 is 16.6. The molecule has 1 fully saturated rings. The molecule has 0 aromatic heterocycles. The lowest BCUT2D eigenvalue weighted by molar-refractivity contribution is -0.132. The first-order valence-corrected chi connectivity index (χ1v) is 12.4. The maximum Gasteiger partial charge on any atom is 0.300 e. The molecule has 3 aromatic rings. The summed E-state index contributed by atoms with van der Waals surface area (Å²) >= 11 is 0. The molecule has 7 nitrogen and oxygen atoms in total. The van der Waals surface area contributed by atoms with Gasteiger partial charge in [0.25, 0.3) is 11.7 Å². The average molecular weight is 500 g/mol. The molecule has 2 aliphatic heterocycles. The number of hydrogen-bond donors (Lipinski definition) is 1. The van der Waals surface area contributed by atoms with Gasteiger partial charge in [0.2, 0.25) is 6.79 Å². The van der Waals surface area contributed by atoms with Crippen LogP contribution in [0.1, 0.15) is 55.8 Å². The standard InChI is InChI=1S/C30H29NO6/c1-4-15-35-23-12-9-21(10-13-23)28(32)26-27(20-7-5-19(6-8-20)18(2)3)31(30(34)29(26)33)22-11-14-24-25(16-22)37-17-36-24/h5-14,16,18,27,32H,4,15,17H2,1-3H3/b28-26+. The van der Waals surface area contributed by atoms with E-state index in [0.717, 1.165) is 12.0 Å². The van der Waals surface area contributed by atoms with Crippen molar-refractivity contribution in [1.29, 1.82) is 0 Å². The number of rotatable bonds is 7. The highest BCUT2D eigenvalue weighted by Gasteiger charge is 2.47. The second-order valence-electron chi connectivity index (χ2n) is 9.40. The third kappa shape index (κ3) is 4.53. The van der Waals surface area contributed by atoms with E-state index in [4.69, 9.17) is 14.2 Å². The molecule has 3 aromatic carbocycles. The molecule has 0 saturated carbocycles. The fraction of sp³-hybridized carbons (Fsp3) is 0.267. The van der Waals surface area contributed by atoms with Crippen LogP contribution in [0.25, 0.3) is 5.76 Å². The van der Waals surface area contributed by atoms with Crippen LogP contribution in [0.4, 0.5) is 5.69 Å². The highest BCUT2D eigenvalue weighted by atomic mass is 16.7. The van der Waals surface area contributed by atoms with E-state index >= 15 is 0 Å². The molecule has 2 heterocycles. The number of ketones is 1. The van der Waals surface area contributed by atoms with Crippen molar-refractivity contribution in [2.75, 3.05) is 18.3 Å². The Kier molecular flexibility index (Phi) is 6.61. The molecule has 0 bridgehead atoms. The van der Waals surface area contributed by atoms with Gasteiger partial charge in [0.1, 0.15) is 11.5 Å². The summed E-state index contributed by atoms with van der Waals surface area (Å²) in [6.07, 6.45) is 0.876. The summed E-state index contributed by atoms with van der Waals surface area (Å²) in [7, 11) is 0. The summed E-state index contributed by atoms with van der Waals surface area (Å²) in [6.45, 7) is 6.89. The van der Waals surface area contributed by atoms with Crippen molar-refractivity contribution < 1.29 is 28.9 Å². The van der Waals surface area contributed by atoms with Crippen LogP contribution in [-0.2, 0) is 9.59 Å². The van der Waals surface area contributed by atoms with E-state index in [2.05, 4.69) is 13.8 Å². The van der Waals surface area contributed by atoms with Gasteiger partial charge in [-0.1, -0.05) is 45.0 Å². The molecular weight excluding hydrogens is 470 g/mol. The Bertz CT molecular complexity index is 1360. The van der Waals surface area contributed by atoms with Gasteiger partial charge in [-0.2, -0.15) is 0 Å². The number of benzene rings is 3. The first-order valence-electron chi connectivity index (χ1n) is 12.4. The molecule has 1 atom stereocenters. The maximum atomic E-state index is 13.4. The Hall–Kier alpha value is -4.26. The van der Waals surface area contributed by atoms with Gasteiger partial charge in [0, 0.05) is 17.3 Å². The van der Waals surface area contributed by atoms with Crippen LogP contribution >= 0.6 is 0 Å². The van der Waals surface area contributed by atoms with Gasteiger partial charge >= 0.3 is 0 Å². The number of fused-ring (bicyclic) bond motifs is 1. The van der Waals surface area contributed by atoms with E-state index in [1.54, 1.807) is 42.5 Å². The summed E-state index contributed by atoms with van der Waals surface area (Å²) in [4.78, 5) is 28.3. The molecule has 0 spiro atoms. The molecule has 5 rings (SSSR count). The molecule has 1 amide bonds. The van der Waals surface area contributed by atoms with E-state index in [1.165, 1.54) is 4.90 Å². The number of amides is 1. The van der Waals surface area contributed by atoms with Crippen molar-refractivity contribution in [3.63, 3.8) is 0 Å². The number of nitrogens with zero attached hydrogens (tertiary/aromatic N) is 1. The van der Waals surface area contributed by atoms with Crippen LogP contribution in [0.15, 0.2) is 72.3 Å². The largest absolute Gasteiger partial charge is 0.507 e. The van der Waals surface area contributed by atoms with Gasteiger partial charge in [-0.05, 0) is 59.9 Å². The zero-order valence-electron chi connectivity index (χ0n) is 21.1. The Balaban J connectivity index is 1.62. The lowest BCUT2D eigenvalue weighted by atomic mass is 9.93. The molecule has 1 saturated heterocycles. The zero-order valence-corrected chi connectivity index (χ0v) is 21.1. The van der Waals surface area contributed by atoms with E-state index in [1.807, 2.05) is 31.2 Å². The number of aliphatic hydroxyl groups excluding tert-OH is 1. The zero-order chi connectivity index (χ0) is 26.1. The Morgan fingerprint density at radius 3 is 2.38 bits per heavy atom.